The summed E-state index contributed by atoms with van der Waals surface area (Å²) in [6, 6.07) is 0. The summed E-state index contributed by atoms with van der Waals surface area (Å²) in [7, 11) is 0. The fraction of sp³-hybridized carbons (Fsp3) is 0.667. The first-order valence-corrected chi connectivity index (χ1v) is 13.2. The van der Waals surface area contributed by atoms with Crippen molar-refractivity contribution in [2.45, 2.75) is 87.0 Å². The van der Waals surface area contributed by atoms with Crippen LogP contribution in [-0.2, 0) is 28.8 Å². The highest BCUT2D eigenvalue weighted by Gasteiger charge is 2.70. The van der Waals surface area contributed by atoms with E-state index in [-0.39, 0.29) is 60.5 Å². The number of allylic oxidation sites excluding steroid dienone is 4. The van der Waals surface area contributed by atoms with Crippen molar-refractivity contribution in [3.8, 4) is 0 Å². The summed E-state index contributed by atoms with van der Waals surface area (Å²) in [6.07, 6.45) is 2.40. The topological polar surface area (TPSA) is 123 Å². The van der Waals surface area contributed by atoms with Crippen molar-refractivity contribution < 1.29 is 33.9 Å². The Labute approximate surface area is 218 Å². The summed E-state index contributed by atoms with van der Waals surface area (Å²) in [6.45, 7) is 12.6. The molecule has 0 aromatic carbocycles. The molecule has 6 unspecified atom stereocenters. The van der Waals surface area contributed by atoms with Gasteiger partial charge < -0.3 is 5.11 Å². The third-order valence-electron chi connectivity index (χ3n) is 10.8. The number of hydrogen-bond acceptors (Lipinski definition) is 6. The first-order chi connectivity index (χ1) is 16.9. The summed E-state index contributed by atoms with van der Waals surface area (Å²) < 4.78 is 0. The molecule has 0 amide bonds. The van der Waals surface area contributed by atoms with Gasteiger partial charge in [0.05, 0.1) is 11.3 Å². The molecule has 0 aromatic heterocycles. The first kappa shape index (κ1) is 27.3. The maximum absolute atomic E-state index is 14.0. The monoisotopic (exact) mass is 510 g/mol. The largest absolute Gasteiger partial charge is 0.481 e. The average molecular weight is 511 g/mol. The average Bonchev–Trinajstić information content (AvgIpc) is 2.99. The molecule has 4 aliphatic rings. The van der Waals surface area contributed by atoms with Gasteiger partial charge in [-0.05, 0) is 43.6 Å². The predicted molar refractivity (Wildman–Crippen MR) is 135 cm³/mol. The second kappa shape index (κ2) is 8.40. The Morgan fingerprint density at radius 2 is 1.59 bits per heavy atom. The lowest BCUT2D eigenvalue weighted by atomic mass is 9.43. The van der Waals surface area contributed by atoms with E-state index >= 15 is 0 Å². The molecule has 1 N–H and O–H groups in total. The number of carbonyl (C=O) groups excluding carboxylic acids is 5. The van der Waals surface area contributed by atoms with E-state index in [0.717, 1.165) is 0 Å². The zero-order valence-electron chi connectivity index (χ0n) is 22.9. The highest BCUT2D eigenvalue weighted by molar-refractivity contribution is 6.17. The minimum absolute atomic E-state index is 0.0770. The van der Waals surface area contributed by atoms with Crippen molar-refractivity contribution in [1.29, 1.82) is 0 Å². The quantitative estimate of drug-likeness (QED) is 0.542. The van der Waals surface area contributed by atoms with Crippen LogP contribution in [0.25, 0.3) is 0 Å². The molecule has 0 aromatic rings. The third kappa shape index (κ3) is 3.59. The van der Waals surface area contributed by atoms with E-state index in [1.165, 1.54) is 13.0 Å². The Bertz CT molecular complexity index is 1220. The van der Waals surface area contributed by atoms with Gasteiger partial charge in [0.15, 0.2) is 17.3 Å². The van der Waals surface area contributed by atoms with Gasteiger partial charge in [-0.1, -0.05) is 40.2 Å². The molecule has 200 valence electrons. The van der Waals surface area contributed by atoms with Crippen LogP contribution in [0.4, 0.5) is 0 Å². The molecule has 7 nitrogen and oxygen atoms in total. The molecule has 0 saturated heterocycles. The van der Waals surface area contributed by atoms with E-state index in [1.807, 2.05) is 27.7 Å². The highest BCUT2D eigenvalue weighted by Crippen LogP contribution is 2.69. The minimum atomic E-state index is -1.18. The van der Waals surface area contributed by atoms with Crippen molar-refractivity contribution in [2.75, 3.05) is 0 Å². The zero-order valence-corrected chi connectivity index (χ0v) is 22.9. The number of carbonyl (C=O) groups is 6. The van der Waals surface area contributed by atoms with Gasteiger partial charge >= 0.3 is 5.97 Å². The van der Waals surface area contributed by atoms with E-state index in [1.54, 1.807) is 13.8 Å². The molecular weight excluding hydrogens is 472 g/mol. The van der Waals surface area contributed by atoms with Gasteiger partial charge in [0, 0.05) is 54.1 Å². The molecule has 0 aliphatic heterocycles. The van der Waals surface area contributed by atoms with Gasteiger partial charge in [0.1, 0.15) is 11.6 Å². The van der Waals surface area contributed by atoms with Crippen LogP contribution in [0, 0.1) is 39.4 Å². The SMILES string of the molecule is C/C(=C/C(=O)CC(C)C(=O)O)C1CC(=O)C2(C)C3=C(C(=O)CC12C)C1(C)CCC(=O)C(C)(C)C1CC3=O. The zero-order chi connectivity index (χ0) is 27.9. The number of ketones is 5. The summed E-state index contributed by atoms with van der Waals surface area (Å²) in [5.41, 5.74) is -2.04. The Balaban J connectivity index is 1.81. The van der Waals surface area contributed by atoms with Gasteiger partial charge in [-0.2, -0.15) is 0 Å². The van der Waals surface area contributed by atoms with E-state index in [0.29, 0.717) is 29.6 Å². The van der Waals surface area contributed by atoms with E-state index in [4.69, 9.17) is 5.11 Å². The van der Waals surface area contributed by atoms with Crippen molar-refractivity contribution in [1.82, 2.24) is 0 Å². The van der Waals surface area contributed by atoms with Crippen molar-refractivity contribution in [3.05, 3.63) is 22.8 Å². The molecule has 4 aliphatic carbocycles. The van der Waals surface area contributed by atoms with Crippen LogP contribution in [0.3, 0.4) is 0 Å². The standard InChI is InChI=1S/C30H38O7/c1-15(10-17(31)11-16(2)26(36)37)18-12-23(35)30(7)25-19(32)13-21-27(3,4)22(34)8-9-28(21,5)24(25)20(33)14-29(18,30)6/h10,16,18,21H,8-9,11-14H2,1-7H3,(H,36,37)/b15-10-. The number of hydrogen-bond donors (Lipinski definition) is 1. The Hall–Kier alpha value is -2.70. The lowest BCUT2D eigenvalue weighted by molar-refractivity contribution is -0.147. The van der Waals surface area contributed by atoms with Gasteiger partial charge in [0.25, 0.3) is 0 Å². The van der Waals surface area contributed by atoms with E-state index in [9.17, 15) is 28.8 Å². The molecule has 6 atom stereocenters. The molecule has 2 saturated carbocycles. The Morgan fingerprint density at radius 1 is 0.973 bits per heavy atom. The van der Waals surface area contributed by atoms with Crippen LogP contribution in [-0.4, -0.2) is 40.0 Å². The molecule has 0 bridgehead atoms. The molecule has 0 heterocycles. The third-order valence-corrected chi connectivity index (χ3v) is 10.8. The second-order valence-corrected chi connectivity index (χ2v) is 13.1. The molecule has 7 heteroatoms. The fourth-order valence-corrected chi connectivity index (χ4v) is 8.23. The lowest BCUT2D eigenvalue weighted by Gasteiger charge is -2.58. The number of Topliss-reactive ketones (excluding diaryl/α,β-unsaturated/α-hetero) is 4. The fourth-order valence-electron chi connectivity index (χ4n) is 8.23. The number of carboxylic acids is 1. The number of carboxylic acid groups (broad SMARTS) is 1. The molecule has 4 rings (SSSR count). The number of aliphatic carboxylic acids is 1. The number of rotatable bonds is 5. The maximum Gasteiger partial charge on any atom is 0.306 e. The Kier molecular flexibility index (Phi) is 6.21. The summed E-state index contributed by atoms with van der Waals surface area (Å²) in [5, 5.41) is 9.14. The normalized spacial score (nSPS) is 38.2. The summed E-state index contributed by atoms with van der Waals surface area (Å²) >= 11 is 0. The molecule has 2 fully saturated rings. The number of fused-ring (bicyclic) bond motifs is 4. The van der Waals surface area contributed by atoms with Gasteiger partial charge in [-0.25, -0.2) is 0 Å². The van der Waals surface area contributed by atoms with Crippen molar-refractivity contribution in [2.24, 2.45) is 39.4 Å². The van der Waals surface area contributed by atoms with Gasteiger partial charge in [0.2, 0.25) is 0 Å². The molecule has 0 spiro atoms. The molecule has 0 radical (unpaired) electrons. The molecule has 37 heavy (non-hydrogen) atoms. The highest BCUT2D eigenvalue weighted by atomic mass is 16.4. The van der Waals surface area contributed by atoms with Crippen molar-refractivity contribution >= 4 is 34.9 Å². The lowest BCUT2D eigenvalue weighted by Crippen LogP contribution is -2.59. The van der Waals surface area contributed by atoms with Crippen LogP contribution in [0.1, 0.15) is 87.0 Å². The minimum Gasteiger partial charge on any atom is -0.481 e. The maximum atomic E-state index is 14.0. The summed E-state index contributed by atoms with van der Waals surface area (Å²) in [4.78, 5) is 78.2. The second-order valence-electron chi connectivity index (χ2n) is 13.1. The molecular formula is C30H38O7. The Morgan fingerprint density at radius 3 is 2.19 bits per heavy atom. The van der Waals surface area contributed by atoms with Gasteiger partial charge in [-0.3, -0.25) is 28.8 Å². The van der Waals surface area contributed by atoms with Crippen LogP contribution < -0.4 is 0 Å². The predicted octanol–water partition coefficient (Wildman–Crippen LogP) is 4.47. The van der Waals surface area contributed by atoms with Crippen LogP contribution in [0.15, 0.2) is 22.8 Å². The van der Waals surface area contributed by atoms with Gasteiger partial charge in [-0.15, -0.1) is 0 Å². The van der Waals surface area contributed by atoms with E-state index in [2.05, 4.69) is 0 Å². The van der Waals surface area contributed by atoms with E-state index < -0.39 is 39.5 Å². The summed E-state index contributed by atoms with van der Waals surface area (Å²) in [5.74, 6) is -3.30. The van der Waals surface area contributed by atoms with Crippen LogP contribution in [0.5, 0.6) is 0 Å². The van der Waals surface area contributed by atoms with Crippen LogP contribution in [0.2, 0.25) is 0 Å². The van der Waals surface area contributed by atoms with Crippen LogP contribution >= 0.6 is 0 Å². The smallest absolute Gasteiger partial charge is 0.306 e. The first-order valence-electron chi connectivity index (χ1n) is 13.2. The van der Waals surface area contributed by atoms with Crippen molar-refractivity contribution in [3.63, 3.8) is 0 Å².